The number of nitrogens with one attached hydrogen (secondary N) is 1. The molecule has 1 rings (SSSR count). The molecular formula is C13H28N2O2. The Kier molecular flexibility index (Phi) is 7.04. The molecule has 0 aromatic carbocycles. The van der Waals surface area contributed by atoms with Gasteiger partial charge in [0.15, 0.2) is 0 Å². The molecule has 0 radical (unpaired) electrons. The summed E-state index contributed by atoms with van der Waals surface area (Å²) in [6.45, 7) is 8.84. The summed E-state index contributed by atoms with van der Waals surface area (Å²) in [6, 6.07) is 0.529. The van der Waals surface area contributed by atoms with E-state index in [1.165, 1.54) is 6.42 Å². The van der Waals surface area contributed by atoms with Gasteiger partial charge in [-0.05, 0) is 34.4 Å². The number of hydrogen-bond acceptors (Lipinski definition) is 4. The van der Waals surface area contributed by atoms with Gasteiger partial charge in [-0.25, -0.2) is 0 Å². The van der Waals surface area contributed by atoms with Crippen molar-refractivity contribution in [3.8, 4) is 0 Å². The van der Waals surface area contributed by atoms with Crippen LogP contribution in [0, 0.1) is 5.92 Å². The first kappa shape index (κ1) is 14.9. The Balaban J connectivity index is 2.19. The van der Waals surface area contributed by atoms with Crippen molar-refractivity contribution in [3.05, 3.63) is 0 Å². The van der Waals surface area contributed by atoms with Gasteiger partial charge in [-0.2, -0.15) is 0 Å². The van der Waals surface area contributed by atoms with Crippen LogP contribution < -0.4 is 5.32 Å². The second-order valence-electron chi connectivity index (χ2n) is 5.20. The fourth-order valence-electron chi connectivity index (χ4n) is 2.22. The van der Waals surface area contributed by atoms with E-state index >= 15 is 0 Å². The molecule has 2 unspecified atom stereocenters. The van der Waals surface area contributed by atoms with Gasteiger partial charge in [-0.15, -0.1) is 0 Å². The molecule has 2 atom stereocenters. The highest BCUT2D eigenvalue weighted by atomic mass is 16.5. The number of rotatable bonds is 8. The van der Waals surface area contributed by atoms with E-state index in [9.17, 15) is 0 Å². The largest absolute Gasteiger partial charge is 0.381 e. The van der Waals surface area contributed by atoms with Crippen LogP contribution in [0.4, 0.5) is 0 Å². The van der Waals surface area contributed by atoms with Crippen molar-refractivity contribution in [1.29, 1.82) is 0 Å². The lowest BCUT2D eigenvalue weighted by Gasteiger charge is -2.27. The van der Waals surface area contributed by atoms with Crippen LogP contribution in [0.15, 0.2) is 0 Å². The number of ether oxygens (including phenoxy) is 2. The molecule has 102 valence electrons. The second kappa shape index (κ2) is 8.03. The molecule has 17 heavy (non-hydrogen) atoms. The van der Waals surface area contributed by atoms with Crippen molar-refractivity contribution in [2.75, 3.05) is 47.0 Å². The summed E-state index contributed by atoms with van der Waals surface area (Å²) in [4.78, 5) is 2.34. The van der Waals surface area contributed by atoms with Crippen LogP contribution >= 0.6 is 0 Å². The van der Waals surface area contributed by atoms with E-state index in [1.54, 1.807) is 0 Å². The average Bonchev–Trinajstić information content (AvgIpc) is 2.78. The molecule has 0 bridgehead atoms. The summed E-state index contributed by atoms with van der Waals surface area (Å²) in [7, 11) is 4.20. The monoisotopic (exact) mass is 244 g/mol. The quantitative estimate of drug-likeness (QED) is 0.690. The summed E-state index contributed by atoms with van der Waals surface area (Å²) in [6.07, 6.45) is 1.51. The highest BCUT2D eigenvalue weighted by Gasteiger charge is 2.25. The Morgan fingerprint density at radius 1 is 1.47 bits per heavy atom. The molecule has 4 heteroatoms. The Morgan fingerprint density at radius 2 is 2.24 bits per heavy atom. The third kappa shape index (κ3) is 5.82. The van der Waals surface area contributed by atoms with Gasteiger partial charge in [0.25, 0.3) is 0 Å². The van der Waals surface area contributed by atoms with E-state index in [4.69, 9.17) is 9.47 Å². The molecule has 1 fully saturated rings. The molecule has 0 aromatic rings. The zero-order valence-electron chi connectivity index (χ0n) is 11.7. The molecule has 0 saturated carbocycles. The first-order chi connectivity index (χ1) is 8.13. The first-order valence-electron chi connectivity index (χ1n) is 6.68. The van der Waals surface area contributed by atoms with Gasteiger partial charge in [0.05, 0.1) is 19.3 Å². The van der Waals surface area contributed by atoms with Crippen LogP contribution in [0.5, 0.6) is 0 Å². The van der Waals surface area contributed by atoms with Crippen molar-refractivity contribution < 1.29 is 9.47 Å². The van der Waals surface area contributed by atoms with Gasteiger partial charge in [0.2, 0.25) is 0 Å². The minimum Gasteiger partial charge on any atom is -0.381 e. The second-order valence-corrected chi connectivity index (χ2v) is 5.20. The number of likely N-dealkylation sites (N-methyl/N-ethyl adjacent to an activating group) is 2. The van der Waals surface area contributed by atoms with E-state index in [0.717, 1.165) is 32.9 Å². The van der Waals surface area contributed by atoms with Crippen LogP contribution in [-0.2, 0) is 9.47 Å². The van der Waals surface area contributed by atoms with Crippen molar-refractivity contribution >= 4 is 0 Å². The van der Waals surface area contributed by atoms with Crippen molar-refractivity contribution in [2.24, 2.45) is 5.92 Å². The highest BCUT2D eigenvalue weighted by molar-refractivity contribution is 4.80. The van der Waals surface area contributed by atoms with Gasteiger partial charge in [-0.3, -0.25) is 0 Å². The van der Waals surface area contributed by atoms with E-state index in [-0.39, 0.29) is 0 Å². The normalized spacial score (nSPS) is 22.6. The molecule has 0 aliphatic carbocycles. The Morgan fingerprint density at radius 3 is 2.76 bits per heavy atom. The molecule has 1 heterocycles. The third-order valence-electron chi connectivity index (χ3n) is 3.34. The molecular weight excluding hydrogens is 216 g/mol. The maximum Gasteiger partial charge on any atom is 0.0596 e. The fraction of sp³-hybridized carbons (Fsp3) is 1.00. The minimum absolute atomic E-state index is 0.326. The van der Waals surface area contributed by atoms with Crippen LogP contribution in [0.2, 0.25) is 0 Å². The Bertz CT molecular complexity index is 194. The molecule has 1 aliphatic rings. The predicted molar refractivity (Wildman–Crippen MR) is 70.4 cm³/mol. The standard InChI is InChI=1S/C13H28N2O2/c1-11(2)17-8-6-15(4)9-13(14-3)12-5-7-16-10-12/h11-14H,5-10H2,1-4H3. The molecule has 1 saturated heterocycles. The maximum absolute atomic E-state index is 5.57. The lowest BCUT2D eigenvalue weighted by atomic mass is 9.99. The predicted octanol–water partition coefficient (Wildman–Crippen LogP) is 0.968. The first-order valence-corrected chi connectivity index (χ1v) is 6.68. The molecule has 1 aliphatic heterocycles. The Hall–Kier alpha value is -0.160. The van der Waals surface area contributed by atoms with Crippen LogP contribution in [0.3, 0.4) is 0 Å². The van der Waals surface area contributed by atoms with Gasteiger partial charge >= 0.3 is 0 Å². The van der Waals surface area contributed by atoms with Crippen LogP contribution in [0.1, 0.15) is 20.3 Å². The van der Waals surface area contributed by atoms with Gasteiger partial charge < -0.3 is 19.7 Å². The molecule has 0 spiro atoms. The zero-order chi connectivity index (χ0) is 12.7. The van der Waals surface area contributed by atoms with E-state index in [1.807, 2.05) is 7.05 Å². The van der Waals surface area contributed by atoms with Crippen molar-refractivity contribution in [1.82, 2.24) is 10.2 Å². The van der Waals surface area contributed by atoms with Gasteiger partial charge in [0, 0.05) is 31.7 Å². The molecule has 1 N–H and O–H groups in total. The SMILES string of the molecule is CNC(CN(C)CCOC(C)C)C1CCOC1. The minimum atomic E-state index is 0.326. The summed E-state index contributed by atoms with van der Waals surface area (Å²) in [5, 5.41) is 3.41. The number of hydrogen-bond donors (Lipinski definition) is 1. The molecule has 4 nitrogen and oxygen atoms in total. The Labute approximate surface area is 106 Å². The zero-order valence-corrected chi connectivity index (χ0v) is 11.7. The fourth-order valence-corrected chi connectivity index (χ4v) is 2.22. The summed E-state index contributed by atoms with van der Waals surface area (Å²) in [5.74, 6) is 0.661. The summed E-state index contributed by atoms with van der Waals surface area (Å²) in [5.41, 5.74) is 0. The van der Waals surface area contributed by atoms with Crippen molar-refractivity contribution in [3.63, 3.8) is 0 Å². The number of nitrogens with zero attached hydrogens (tertiary/aromatic N) is 1. The van der Waals surface area contributed by atoms with Crippen LogP contribution in [-0.4, -0.2) is 64.1 Å². The highest BCUT2D eigenvalue weighted by Crippen LogP contribution is 2.17. The smallest absolute Gasteiger partial charge is 0.0596 e. The van der Waals surface area contributed by atoms with Gasteiger partial charge in [-0.1, -0.05) is 0 Å². The van der Waals surface area contributed by atoms with Crippen LogP contribution in [0.25, 0.3) is 0 Å². The topological polar surface area (TPSA) is 33.7 Å². The van der Waals surface area contributed by atoms with E-state index in [2.05, 4.69) is 31.1 Å². The average molecular weight is 244 g/mol. The van der Waals surface area contributed by atoms with E-state index in [0.29, 0.717) is 18.1 Å². The molecule has 0 aromatic heterocycles. The van der Waals surface area contributed by atoms with E-state index < -0.39 is 0 Å². The lowest BCUT2D eigenvalue weighted by molar-refractivity contribution is 0.0607. The van der Waals surface area contributed by atoms with Crippen molar-refractivity contribution in [2.45, 2.75) is 32.4 Å². The lowest BCUT2D eigenvalue weighted by Crippen LogP contribution is -2.44. The summed E-state index contributed by atoms with van der Waals surface area (Å²) < 4.78 is 11.0. The summed E-state index contributed by atoms with van der Waals surface area (Å²) >= 11 is 0. The maximum atomic E-state index is 5.57. The van der Waals surface area contributed by atoms with Gasteiger partial charge in [0.1, 0.15) is 0 Å². The molecule has 0 amide bonds. The third-order valence-corrected chi connectivity index (χ3v) is 3.34.